The average molecular weight is 211 g/mol. The molecule has 1 aliphatic heterocycles. The van der Waals surface area contributed by atoms with Gasteiger partial charge in [-0.2, -0.15) is 4.39 Å². The molecule has 2 heterocycles. The smallest absolute Gasteiger partial charge is 0.218 e. The maximum Gasteiger partial charge on any atom is 0.218 e. The van der Waals surface area contributed by atoms with Gasteiger partial charge in [-0.3, -0.25) is 0 Å². The van der Waals surface area contributed by atoms with Crippen molar-refractivity contribution in [1.82, 2.24) is 9.97 Å². The highest BCUT2D eigenvalue weighted by molar-refractivity contribution is 5.40. The van der Waals surface area contributed by atoms with Crippen molar-refractivity contribution in [2.75, 3.05) is 18.1 Å². The lowest BCUT2D eigenvalue weighted by Gasteiger charge is -2.24. The summed E-state index contributed by atoms with van der Waals surface area (Å²) in [6.45, 7) is 3.00. The summed E-state index contributed by atoms with van der Waals surface area (Å²) in [7, 11) is 0. The first-order valence-corrected chi connectivity index (χ1v) is 5.07. The van der Waals surface area contributed by atoms with Crippen molar-refractivity contribution in [3.63, 3.8) is 0 Å². The molecule has 15 heavy (non-hydrogen) atoms. The Labute approximate surface area is 87.8 Å². The van der Waals surface area contributed by atoms with Gasteiger partial charge in [0.1, 0.15) is 12.1 Å². The van der Waals surface area contributed by atoms with Crippen molar-refractivity contribution < 1.29 is 9.50 Å². The quantitative estimate of drug-likeness (QED) is 0.736. The number of aliphatic hydroxyl groups is 1. The first-order chi connectivity index (χ1) is 7.22. The first-order valence-electron chi connectivity index (χ1n) is 5.07. The third kappa shape index (κ3) is 1.92. The van der Waals surface area contributed by atoms with E-state index < -0.39 is 5.95 Å². The van der Waals surface area contributed by atoms with Crippen LogP contribution in [0.25, 0.3) is 0 Å². The van der Waals surface area contributed by atoms with Crippen LogP contribution in [0.3, 0.4) is 0 Å². The number of halogens is 1. The number of aliphatic hydroxyl groups excluding tert-OH is 1. The van der Waals surface area contributed by atoms with Gasteiger partial charge in [0, 0.05) is 31.2 Å². The zero-order valence-corrected chi connectivity index (χ0v) is 8.60. The molecule has 0 spiro atoms. The summed E-state index contributed by atoms with van der Waals surface area (Å²) in [4.78, 5) is 9.46. The summed E-state index contributed by atoms with van der Waals surface area (Å²) in [6, 6.07) is 1.53. The Morgan fingerprint density at radius 1 is 1.60 bits per heavy atom. The maximum absolute atomic E-state index is 12.9. The van der Waals surface area contributed by atoms with Gasteiger partial charge in [-0.05, 0) is 13.3 Å². The second-order valence-corrected chi connectivity index (χ2v) is 3.86. The summed E-state index contributed by atoms with van der Waals surface area (Å²) >= 11 is 0. The topological polar surface area (TPSA) is 49.2 Å². The van der Waals surface area contributed by atoms with Crippen LogP contribution in [0.2, 0.25) is 0 Å². The minimum absolute atomic E-state index is 0.172. The highest BCUT2D eigenvalue weighted by Gasteiger charge is 2.30. The molecular formula is C10H14FN3O. The fourth-order valence-corrected chi connectivity index (χ4v) is 2.05. The van der Waals surface area contributed by atoms with Gasteiger partial charge in [-0.1, -0.05) is 0 Å². The zero-order chi connectivity index (χ0) is 10.8. The van der Waals surface area contributed by atoms with Gasteiger partial charge in [0.15, 0.2) is 0 Å². The fraction of sp³-hybridized carbons (Fsp3) is 0.600. The number of hydrogen-bond acceptors (Lipinski definition) is 4. The minimum Gasteiger partial charge on any atom is -0.396 e. The Balaban J connectivity index is 2.18. The van der Waals surface area contributed by atoms with Crippen LogP contribution in [-0.2, 0) is 0 Å². The molecule has 2 unspecified atom stereocenters. The zero-order valence-electron chi connectivity index (χ0n) is 8.60. The van der Waals surface area contributed by atoms with Crippen LogP contribution >= 0.6 is 0 Å². The molecule has 1 aromatic rings. The number of hydrogen-bond donors (Lipinski definition) is 1. The van der Waals surface area contributed by atoms with Gasteiger partial charge >= 0.3 is 0 Å². The standard InChI is InChI=1S/C10H14FN3O/c1-7-8(5-15)2-3-14(7)10-4-9(11)12-6-13-10/h4,6-8,15H,2-3,5H2,1H3. The maximum atomic E-state index is 12.9. The van der Waals surface area contributed by atoms with E-state index in [1.807, 2.05) is 11.8 Å². The van der Waals surface area contributed by atoms with Crippen molar-refractivity contribution in [2.24, 2.45) is 5.92 Å². The molecule has 1 saturated heterocycles. The summed E-state index contributed by atoms with van der Waals surface area (Å²) in [5.74, 6) is 0.341. The molecule has 0 amide bonds. The monoisotopic (exact) mass is 211 g/mol. The van der Waals surface area contributed by atoms with Gasteiger partial charge in [-0.15, -0.1) is 0 Å². The van der Waals surface area contributed by atoms with Crippen molar-refractivity contribution in [2.45, 2.75) is 19.4 Å². The van der Waals surface area contributed by atoms with E-state index in [0.717, 1.165) is 13.0 Å². The molecule has 0 saturated carbocycles. The summed E-state index contributed by atoms with van der Waals surface area (Å²) in [5.41, 5.74) is 0. The Kier molecular flexibility index (Phi) is 2.81. The molecule has 1 fully saturated rings. The number of anilines is 1. The Morgan fingerprint density at radius 3 is 3.00 bits per heavy atom. The second kappa shape index (κ2) is 4.10. The molecule has 0 bridgehead atoms. The van der Waals surface area contributed by atoms with Crippen molar-refractivity contribution in [3.8, 4) is 0 Å². The molecule has 5 heteroatoms. The molecular weight excluding hydrogens is 197 g/mol. The summed E-state index contributed by atoms with van der Waals surface area (Å²) in [5, 5.41) is 9.12. The summed E-state index contributed by atoms with van der Waals surface area (Å²) in [6.07, 6.45) is 2.15. The molecule has 0 radical (unpaired) electrons. The summed E-state index contributed by atoms with van der Waals surface area (Å²) < 4.78 is 12.9. The lowest BCUT2D eigenvalue weighted by Crippen LogP contribution is -2.31. The SMILES string of the molecule is CC1C(CO)CCN1c1cc(F)ncn1. The van der Waals surface area contributed by atoms with Gasteiger partial charge in [0.2, 0.25) is 5.95 Å². The van der Waals surface area contributed by atoms with Gasteiger partial charge in [0.25, 0.3) is 0 Å². The highest BCUT2D eigenvalue weighted by Crippen LogP contribution is 2.27. The number of rotatable bonds is 2. The van der Waals surface area contributed by atoms with Crippen LogP contribution in [0.5, 0.6) is 0 Å². The molecule has 1 aromatic heterocycles. The van der Waals surface area contributed by atoms with E-state index in [9.17, 15) is 4.39 Å². The van der Waals surface area contributed by atoms with Crippen molar-refractivity contribution >= 4 is 5.82 Å². The molecule has 1 N–H and O–H groups in total. The van der Waals surface area contributed by atoms with E-state index >= 15 is 0 Å². The normalized spacial score (nSPS) is 25.9. The predicted molar refractivity (Wildman–Crippen MR) is 54.0 cm³/mol. The molecule has 4 nitrogen and oxygen atoms in total. The molecule has 0 aromatic carbocycles. The van der Waals surface area contributed by atoms with E-state index in [1.165, 1.54) is 12.4 Å². The van der Waals surface area contributed by atoms with E-state index in [0.29, 0.717) is 5.82 Å². The van der Waals surface area contributed by atoms with E-state index in [1.54, 1.807) is 0 Å². The molecule has 0 aliphatic carbocycles. The Hall–Kier alpha value is -1.23. The predicted octanol–water partition coefficient (Wildman–Crippen LogP) is 0.823. The Morgan fingerprint density at radius 2 is 2.40 bits per heavy atom. The molecule has 82 valence electrons. The van der Waals surface area contributed by atoms with Crippen molar-refractivity contribution in [1.29, 1.82) is 0 Å². The molecule has 2 atom stereocenters. The van der Waals surface area contributed by atoms with Crippen molar-refractivity contribution in [3.05, 3.63) is 18.3 Å². The second-order valence-electron chi connectivity index (χ2n) is 3.86. The van der Waals surface area contributed by atoms with E-state index in [4.69, 9.17) is 5.11 Å². The Bertz CT molecular complexity index is 347. The highest BCUT2D eigenvalue weighted by atomic mass is 19.1. The molecule has 2 rings (SSSR count). The van der Waals surface area contributed by atoms with Crippen LogP contribution in [0.15, 0.2) is 12.4 Å². The fourth-order valence-electron chi connectivity index (χ4n) is 2.05. The van der Waals surface area contributed by atoms with Crippen LogP contribution in [0, 0.1) is 11.9 Å². The molecule has 1 aliphatic rings. The van der Waals surface area contributed by atoms with Gasteiger partial charge in [0.05, 0.1) is 0 Å². The lowest BCUT2D eigenvalue weighted by atomic mass is 10.0. The van der Waals surface area contributed by atoms with Gasteiger partial charge < -0.3 is 10.0 Å². The first kappa shape index (κ1) is 10.3. The van der Waals surface area contributed by atoms with E-state index in [2.05, 4.69) is 9.97 Å². The number of nitrogens with zero attached hydrogens (tertiary/aromatic N) is 3. The third-order valence-corrected chi connectivity index (χ3v) is 3.06. The van der Waals surface area contributed by atoms with Crippen LogP contribution in [0.1, 0.15) is 13.3 Å². The van der Waals surface area contributed by atoms with Crippen LogP contribution < -0.4 is 4.90 Å². The average Bonchev–Trinajstić information content (AvgIpc) is 2.59. The van der Waals surface area contributed by atoms with Gasteiger partial charge in [-0.25, -0.2) is 9.97 Å². The lowest BCUT2D eigenvalue weighted by molar-refractivity contribution is 0.221. The largest absolute Gasteiger partial charge is 0.396 e. The number of aromatic nitrogens is 2. The van der Waals surface area contributed by atoms with Crippen LogP contribution in [-0.4, -0.2) is 34.3 Å². The third-order valence-electron chi connectivity index (χ3n) is 3.06. The van der Waals surface area contributed by atoms with E-state index in [-0.39, 0.29) is 18.6 Å². The van der Waals surface area contributed by atoms with Crippen LogP contribution in [0.4, 0.5) is 10.2 Å². The minimum atomic E-state index is -0.514.